The van der Waals surface area contributed by atoms with Gasteiger partial charge in [-0.1, -0.05) is 17.7 Å². The molecule has 1 aromatic carbocycles. The highest BCUT2D eigenvalue weighted by Gasteiger charge is 2.33. The van der Waals surface area contributed by atoms with Crippen molar-refractivity contribution in [1.29, 1.82) is 0 Å². The van der Waals surface area contributed by atoms with Gasteiger partial charge in [-0.05, 0) is 59.1 Å². The Balaban J connectivity index is 1.67. The monoisotopic (exact) mass is 429 g/mol. The smallest absolute Gasteiger partial charge is 0.407 e. The number of piperidine rings is 1. The quantitative estimate of drug-likeness (QED) is 0.763. The van der Waals surface area contributed by atoms with Crippen molar-refractivity contribution in [3.05, 3.63) is 29.8 Å². The number of aryl methyl sites for hydroxylation is 1. The minimum atomic E-state index is -0.584. The van der Waals surface area contributed by atoms with E-state index in [2.05, 4.69) is 15.7 Å². The summed E-state index contributed by atoms with van der Waals surface area (Å²) in [5, 5.41) is 4.12. The summed E-state index contributed by atoms with van der Waals surface area (Å²) in [5.74, 6) is -0.383. The molecule has 2 heterocycles. The molecule has 1 atom stereocenters. The van der Waals surface area contributed by atoms with Gasteiger partial charge in [-0.2, -0.15) is 0 Å². The van der Waals surface area contributed by atoms with Crippen molar-refractivity contribution in [2.24, 2.45) is 4.99 Å². The summed E-state index contributed by atoms with van der Waals surface area (Å²) in [5.41, 5.74) is 4.02. The predicted octanol–water partition coefficient (Wildman–Crippen LogP) is 2.15. The molecule has 0 unspecified atom stereocenters. The lowest BCUT2D eigenvalue weighted by Crippen LogP contribution is -2.59. The second kappa shape index (κ2) is 9.36. The van der Waals surface area contributed by atoms with Gasteiger partial charge < -0.3 is 15.0 Å². The molecule has 3 rings (SSSR count). The molecule has 1 aromatic rings. The van der Waals surface area contributed by atoms with Crippen LogP contribution in [0.1, 0.15) is 45.6 Å². The zero-order valence-corrected chi connectivity index (χ0v) is 18.6. The molecule has 0 bridgehead atoms. The average Bonchev–Trinajstić information content (AvgIpc) is 2.72. The van der Waals surface area contributed by atoms with Gasteiger partial charge >= 0.3 is 6.09 Å². The molecule has 168 valence electrons. The fourth-order valence-electron chi connectivity index (χ4n) is 3.57. The number of hydrogen-bond donors (Lipinski definition) is 2. The van der Waals surface area contributed by atoms with Crippen LogP contribution in [0.3, 0.4) is 0 Å². The molecule has 2 aliphatic rings. The number of carbonyl (C=O) groups excluding carboxylic acids is 3. The zero-order valence-electron chi connectivity index (χ0n) is 18.6. The van der Waals surface area contributed by atoms with Crippen molar-refractivity contribution in [2.45, 2.75) is 58.6 Å². The second-order valence-corrected chi connectivity index (χ2v) is 8.87. The second-order valence-electron chi connectivity index (χ2n) is 8.87. The Bertz CT molecular complexity index is 860. The highest BCUT2D eigenvalue weighted by atomic mass is 16.6. The normalized spacial score (nSPS) is 19.4. The van der Waals surface area contributed by atoms with Crippen LogP contribution in [0.15, 0.2) is 29.3 Å². The number of hydrazine groups is 1. The summed E-state index contributed by atoms with van der Waals surface area (Å²) < 4.78 is 5.29. The fraction of sp³-hybridized carbons (Fsp3) is 0.545. The number of alkyl carbamates (subject to hydrolysis) is 1. The van der Waals surface area contributed by atoms with Gasteiger partial charge in [0.2, 0.25) is 5.84 Å². The first kappa shape index (κ1) is 22.6. The summed E-state index contributed by atoms with van der Waals surface area (Å²) in [6, 6.07) is 7.29. The summed E-state index contributed by atoms with van der Waals surface area (Å²) in [7, 11) is 0. The molecule has 0 aliphatic carbocycles. The van der Waals surface area contributed by atoms with Crippen LogP contribution in [0.5, 0.6) is 0 Å². The molecule has 0 aromatic heterocycles. The van der Waals surface area contributed by atoms with Crippen molar-refractivity contribution >= 4 is 29.4 Å². The number of amidine groups is 1. The lowest BCUT2D eigenvalue weighted by Gasteiger charge is -2.37. The minimum Gasteiger partial charge on any atom is -0.444 e. The van der Waals surface area contributed by atoms with Crippen LogP contribution in [0.2, 0.25) is 0 Å². The molecule has 31 heavy (non-hydrogen) atoms. The number of likely N-dealkylation sites (tertiary alicyclic amines) is 1. The Labute approximate surface area is 182 Å². The number of nitrogens with one attached hydrogen (secondary N) is 2. The molecule has 1 fully saturated rings. The number of benzene rings is 1. The molecule has 1 saturated heterocycles. The van der Waals surface area contributed by atoms with Gasteiger partial charge in [0.15, 0.2) is 0 Å². The minimum absolute atomic E-state index is 0.101. The number of hydrogen-bond acceptors (Lipinski definition) is 6. The van der Waals surface area contributed by atoms with Crippen LogP contribution in [-0.4, -0.2) is 59.9 Å². The highest BCUT2D eigenvalue weighted by Crippen LogP contribution is 2.19. The lowest BCUT2D eigenvalue weighted by atomic mass is 10.0. The first-order valence-electron chi connectivity index (χ1n) is 10.6. The Morgan fingerprint density at radius 2 is 1.94 bits per heavy atom. The van der Waals surface area contributed by atoms with Gasteiger partial charge in [-0.15, -0.1) is 0 Å². The molecule has 2 N–H and O–H groups in total. The molecular weight excluding hydrogens is 398 g/mol. The van der Waals surface area contributed by atoms with E-state index in [1.807, 2.05) is 31.2 Å². The Morgan fingerprint density at radius 1 is 1.23 bits per heavy atom. The van der Waals surface area contributed by atoms with Crippen LogP contribution in [0, 0.1) is 6.92 Å². The molecular formula is C22H31N5O4. The maximum Gasteiger partial charge on any atom is 0.407 e. The molecule has 3 amide bonds. The largest absolute Gasteiger partial charge is 0.444 e. The SMILES string of the molecule is Cc1ccc(N2NC(C(=O)N3CCCC[C@H]3CNC(=O)OC(C)(C)C)=NCC2=O)cc1. The van der Waals surface area contributed by atoms with Crippen molar-refractivity contribution in [3.8, 4) is 0 Å². The van der Waals surface area contributed by atoms with Crippen LogP contribution in [0.25, 0.3) is 0 Å². The number of nitrogens with zero attached hydrogens (tertiary/aromatic N) is 3. The summed E-state index contributed by atoms with van der Waals surface area (Å²) in [6.45, 7) is 8.14. The Hall–Kier alpha value is -3.10. The van der Waals surface area contributed by atoms with E-state index < -0.39 is 11.7 Å². The zero-order chi connectivity index (χ0) is 22.6. The van der Waals surface area contributed by atoms with Gasteiger partial charge in [-0.3, -0.25) is 20.0 Å². The fourth-order valence-corrected chi connectivity index (χ4v) is 3.57. The molecule has 2 aliphatic heterocycles. The van der Waals surface area contributed by atoms with E-state index in [1.165, 1.54) is 5.01 Å². The Morgan fingerprint density at radius 3 is 2.61 bits per heavy atom. The van der Waals surface area contributed by atoms with E-state index >= 15 is 0 Å². The van der Waals surface area contributed by atoms with Gasteiger partial charge in [0.05, 0.1) is 5.69 Å². The molecule has 9 nitrogen and oxygen atoms in total. The van der Waals surface area contributed by atoms with E-state index in [4.69, 9.17) is 4.74 Å². The molecule has 0 radical (unpaired) electrons. The molecule has 0 spiro atoms. The molecule has 0 saturated carbocycles. The topological polar surface area (TPSA) is 103 Å². The highest BCUT2D eigenvalue weighted by molar-refractivity contribution is 6.39. The third-order valence-electron chi connectivity index (χ3n) is 5.10. The number of carbonyl (C=O) groups is 3. The number of amides is 3. The third kappa shape index (κ3) is 5.96. The standard InChI is InChI=1S/C22H31N5O4/c1-15-8-10-16(11-9-15)27-18(28)14-23-19(25-27)20(29)26-12-6-5-7-17(26)13-24-21(30)31-22(2,3)4/h8-11,17H,5-7,12-14H2,1-4H3,(H,23,25)(H,24,30)/t17-/m0/s1. The van der Waals surface area contributed by atoms with E-state index in [-0.39, 0.29) is 30.2 Å². The van der Waals surface area contributed by atoms with Crippen molar-refractivity contribution < 1.29 is 19.1 Å². The maximum atomic E-state index is 13.2. The van der Waals surface area contributed by atoms with Crippen LogP contribution in [0.4, 0.5) is 10.5 Å². The summed E-state index contributed by atoms with van der Waals surface area (Å²) >= 11 is 0. The first-order valence-corrected chi connectivity index (χ1v) is 10.6. The van der Waals surface area contributed by atoms with E-state index in [0.29, 0.717) is 18.8 Å². The van der Waals surface area contributed by atoms with Crippen LogP contribution >= 0.6 is 0 Å². The van der Waals surface area contributed by atoms with Gasteiger partial charge in [0.1, 0.15) is 12.1 Å². The number of anilines is 1. The summed E-state index contributed by atoms with van der Waals surface area (Å²) in [6.07, 6.45) is 2.12. The van der Waals surface area contributed by atoms with E-state index in [0.717, 1.165) is 24.8 Å². The predicted molar refractivity (Wildman–Crippen MR) is 118 cm³/mol. The number of rotatable bonds is 4. The van der Waals surface area contributed by atoms with E-state index in [9.17, 15) is 14.4 Å². The first-order chi connectivity index (χ1) is 14.6. The number of ether oxygens (including phenoxy) is 1. The third-order valence-corrected chi connectivity index (χ3v) is 5.10. The van der Waals surface area contributed by atoms with Gasteiger partial charge in [0.25, 0.3) is 11.8 Å². The summed E-state index contributed by atoms with van der Waals surface area (Å²) in [4.78, 5) is 43.5. The number of aliphatic imine (C=N–C) groups is 1. The average molecular weight is 430 g/mol. The maximum absolute atomic E-state index is 13.2. The van der Waals surface area contributed by atoms with Crippen LogP contribution in [-0.2, 0) is 14.3 Å². The van der Waals surface area contributed by atoms with Crippen molar-refractivity contribution in [3.63, 3.8) is 0 Å². The Kier molecular flexibility index (Phi) is 6.82. The van der Waals surface area contributed by atoms with Crippen molar-refractivity contribution in [2.75, 3.05) is 24.6 Å². The van der Waals surface area contributed by atoms with Gasteiger partial charge in [0, 0.05) is 19.1 Å². The van der Waals surface area contributed by atoms with Crippen LogP contribution < -0.4 is 15.8 Å². The lowest BCUT2D eigenvalue weighted by molar-refractivity contribution is -0.127. The van der Waals surface area contributed by atoms with Crippen molar-refractivity contribution in [1.82, 2.24) is 15.6 Å². The van der Waals surface area contributed by atoms with E-state index in [1.54, 1.807) is 25.7 Å². The van der Waals surface area contributed by atoms with Gasteiger partial charge in [-0.25, -0.2) is 9.80 Å². The molecule has 9 heteroatoms.